The predicted octanol–water partition coefficient (Wildman–Crippen LogP) is 1.67. The molecule has 4 rings (SSSR count). The van der Waals surface area contributed by atoms with Gasteiger partial charge in [-0.25, -0.2) is 13.1 Å². The van der Waals surface area contributed by atoms with Gasteiger partial charge in [0, 0.05) is 11.3 Å². The molecule has 1 saturated heterocycles. The molecule has 25 heavy (non-hydrogen) atoms. The number of benzene rings is 1. The van der Waals surface area contributed by atoms with E-state index in [9.17, 15) is 13.2 Å². The van der Waals surface area contributed by atoms with E-state index in [2.05, 4.69) is 10.4 Å². The maximum atomic E-state index is 12.8. The Morgan fingerprint density at radius 3 is 2.68 bits per heavy atom. The Labute approximate surface area is 147 Å². The van der Waals surface area contributed by atoms with Gasteiger partial charge in [-0.05, 0) is 44.7 Å². The number of hydrogen-bond donors (Lipinski definition) is 1. The highest BCUT2D eigenvalue weighted by molar-refractivity contribution is 7.91. The van der Waals surface area contributed by atoms with Gasteiger partial charge >= 0.3 is 0 Å². The first-order valence-electron chi connectivity index (χ1n) is 8.56. The number of sulfone groups is 1. The van der Waals surface area contributed by atoms with E-state index in [0.29, 0.717) is 12.1 Å². The Bertz CT molecular complexity index is 934. The van der Waals surface area contributed by atoms with Gasteiger partial charge in [0.1, 0.15) is 0 Å². The monoisotopic (exact) mass is 359 g/mol. The van der Waals surface area contributed by atoms with E-state index in [1.165, 1.54) is 0 Å². The molecule has 7 heteroatoms. The number of carbonyl (C=O) groups is 1. The van der Waals surface area contributed by atoms with Crippen molar-refractivity contribution in [3.8, 4) is 5.69 Å². The van der Waals surface area contributed by atoms with Gasteiger partial charge in [-0.1, -0.05) is 18.2 Å². The summed E-state index contributed by atoms with van der Waals surface area (Å²) < 4.78 is 25.4. The molecule has 0 saturated carbocycles. The molecule has 1 aromatic heterocycles. The average molecular weight is 359 g/mol. The lowest BCUT2D eigenvalue weighted by atomic mass is 10.0. The highest BCUT2D eigenvalue weighted by Crippen LogP contribution is 2.29. The second kappa shape index (κ2) is 5.69. The number of aromatic nitrogens is 2. The number of nitrogens with zero attached hydrogens (tertiary/aromatic N) is 2. The summed E-state index contributed by atoms with van der Waals surface area (Å²) in [5.74, 6) is -0.152. The molecule has 1 aromatic carbocycles. The second-order valence-corrected chi connectivity index (χ2v) is 9.42. The van der Waals surface area contributed by atoms with E-state index in [4.69, 9.17) is 0 Å². The van der Waals surface area contributed by atoms with Crippen molar-refractivity contribution in [1.82, 2.24) is 15.1 Å². The van der Waals surface area contributed by atoms with Crippen molar-refractivity contribution in [2.45, 2.75) is 38.1 Å². The molecule has 1 aliphatic carbocycles. The summed E-state index contributed by atoms with van der Waals surface area (Å²) in [6.45, 7) is 1.80. The average Bonchev–Trinajstić information content (AvgIpc) is 3.21. The van der Waals surface area contributed by atoms with Gasteiger partial charge in [-0.3, -0.25) is 4.79 Å². The standard InChI is InChI=1S/C18H21N3O3S/c1-18(10-11-25(23,24)12-18)19-17(22)16-14-8-5-9-15(14)21(20-16)13-6-3-2-4-7-13/h2-4,6-7H,5,8-12H2,1H3,(H,19,22). The van der Waals surface area contributed by atoms with Crippen LogP contribution in [-0.2, 0) is 22.7 Å². The van der Waals surface area contributed by atoms with Crippen LogP contribution < -0.4 is 5.32 Å². The van der Waals surface area contributed by atoms with Crippen LogP contribution in [0, 0.1) is 0 Å². The van der Waals surface area contributed by atoms with Crippen LogP contribution in [0.15, 0.2) is 30.3 Å². The minimum absolute atomic E-state index is 0.00662. The van der Waals surface area contributed by atoms with Crippen LogP contribution in [-0.4, -0.2) is 41.2 Å². The van der Waals surface area contributed by atoms with Gasteiger partial charge in [0.2, 0.25) is 0 Å². The number of rotatable bonds is 3. The van der Waals surface area contributed by atoms with Gasteiger partial charge < -0.3 is 5.32 Å². The van der Waals surface area contributed by atoms with Crippen LogP contribution in [0.4, 0.5) is 0 Å². The van der Waals surface area contributed by atoms with Crippen LogP contribution in [0.3, 0.4) is 0 Å². The first-order chi connectivity index (χ1) is 11.9. The molecule has 6 nitrogen and oxygen atoms in total. The molecule has 1 N–H and O–H groups in total. The molecule has 1 amide bonds. The number of carbonyl (C=O) groups excluding carboxylic acids is 1. The molecule has 0 radical (unpaired) electrons. The summed E-state index contributed by atoms with van der Waals surface area (Å²) in [5.41, 5.74) is 2.74. The van der Waals surface area contributed by atoms with Crippen molar-refractivity contribution in [3.05, 3.63) is 47.3 Å². The van der Waals surface area contributed by atoms with E-state index in [-0.39, 0.29) is 17.4 Å². The highest BCUT2D eigenvalue weighted by Gasteiger charge is 2.40. The van der Waals surface area contributed by atoms with Crippen molar-refractivity contribution in [2.24, 2.45) is 0 Å². The van der Waals surface area contributed by atoms with E-state index in [1.807, 2.05) is 35.0 Å². The number of nitrogens with one attached hydrogen (secondary N) is 1. The number of para-hydroxylation sites is 1. The molecule has 1 atom stereocenters. The number of fused-ring (bicyclic) bond motifs is 1. The summed E-state index contributed by atoms with van der Waals surface area (Å²) in [7, 11) is -3.07. The summed E-state index contributed by atoms with van der Waals surface area (Å²) in [4.78, 5) is 12.8. The Balaban J connectivity index is 1.66. The molecule has 2 aromatic rings. The van der Waals surface area contributed by atoms with Gasteiger partial charge in [0.25, 0.3) is 5.91 Å². The van der Waals surface area contributed by atoms with Crippen LogP contribution >= 0.6 is 0 Å². The first-order valence-corrected chi connectivity index (χ1v) is 10.4. The van der Waals surface area contributed by atoms with Crippen molar-refractivity contribution in [1.29, 1.82) is 0 Å². The molecule has 1 aliphatic heterocycles. The summed E-state index contributed by atoms with van der Waals surface area (Å²) in [5, 5.41) is 7.49. The molecular formula is C18H21N3O3S. The smallest absolute Gasteiger partial charge is 0.272 e. The van der Waals surface area contributed by atoms with Crippen LogP contribution in [0.5, 0.6) is 0 Å². The molecule has 0 bridgehead atoms. The van der Waals surface area contributed by atoms with Crippen molar-refractivity contribution in [2.75, 3.05) is 11.5 Å². The Morgan fingerprint density at radius 1 is 1.24 bits per heavy atom. The van der Waals surface area contributed by atoms with E-state index < -0.39 is 15.4 Å². The molecular weight excluding hydrogens is 338 g/mol. The van der Waals surface area contributed by atoms with E-state index >= 15 is 0 Å². The zero-order valence-electron chi connectivity index (χ0n) is 14.2. The maximum absolute atomic E-state index is 12.8. The molecule has 2 aliphatic rings. The maximum Gasteiger partial charge on any atom is 0.272 e. The normalized spacial score (nSPS) is 24.2. The fourth-order valence-corrected chi connectivity index (χ4v) is 5.94. The molecule has 1 fully saturated rings. The summed E-state index contributed by atoms with van der Waals surface area (Å²) in [6.07, 6.45) is 3.19. The van der Waals surface area contributed by atoms with Crippen molar-refractivity contribution in [3.63, 3.8) is 0 Å². The third-order valence-corrected chi connectivity index (χ3v) is 6.97. The lowest BCUT2D eigenvalue weighted by molar-refractivity contribution is 0.0909. The van der Waals surface area contributed by atoms with Gasteiger partial charge in [0.05, 0.1) is 22.7 Å². The Kier molecular flexibility index (Phi) is 3.72. The summed E-state index contributed by atoms with van der Waals surface area (Å²) >= 11 is 0. The lowest BCUT2D eigenvalue weighted by Crippen LogP contribution is -2.47. The van der Waals surface area contributed by atoms with Crippen LogP contribution in [0.25, 0.3) is 5.69 Å². The van der Waals surface area contributed by atoms with Gasteiger partial charge in [-0.15, -0.1) is 0 Å². The largest absolute Gasteiger partial charge is 0.344 e. The fraction of sp³-hybridized carbons (Fsp3) is 0.444. The van der Waals surface area contributed by atoms with Crippen LogP contribution in [0.1, 0.15) is 41.5 Å². The van der Waals surface area contributed by atoms with Gasteiger partial charge in [-0.2, -0.15) is 5.10 Å². The van der Waals surface area contributed by atoms with Gasteiger partial charge in [0.15, 0.2) is 15.5 Å². The number of amides is 1. The minimum atomic E-state index is -3.07. The SMILES string of the molecule is CC1(NC(=O)c2nn(-c3ccccc3)c3c2CCC3)CCS(=O)(=O)C1. The quantitative estimate of drug-likeness (QED) is 0.904. The molecule has 2 heterocycles. The Morgan fingerprint density at radius 2 is 2.00 bits per heavy atom. The summed E-state index contributed by atoms with van der Waals surface area (Å²) in [6, 6.07) is 9.78. The lowest BCUT2D eigenvalue weighted by Gasteiger charge is -2.23. The molecule has 1 unspecified atom stereocenters. The third-order valence-electron chi connectivity index (χ3n) is 5.06. The van der Waals surface area contributed by atoms with Crippen molar-refractivity contribution < 1.29 is 13.2 Å². The van der Waals surface area contributed by atoms with Crippen molar-refractivity contribution >= 4 is 15.7 Å². The molecule has 0 spiro atoms. The fourth-order valence-electron chi connectivity index (χ4n) is 3.84. The third kappa shape index (κ3) is 2.97. The number of hydrogen-bond acceptors (Lipinski definition) is 4. The highest BCUT2D eigenvalue weighted by atomic mass is 32.2. The van der Waals surface area contributed by atoms with Crippen LogP contribution in [0.2, 0.25) is 0 Å². The Hall–Kier alpha value is -2.15. The topological polar surface area (TPSA) is 81.1 Å². The predicted molar refractivity (Wildman–Crippen MR) is 94.7 cm³/mol. The molecule has 132 valence electrons. The van der Waals surface area contributed by atoms with E-state index in [0.717, 1.165) is 36.2 Å². The zero-order chi connectivity index (χ0) is 17.7. The first kappa shape index (κ1) is 16.3. The van der Waals surface area contributed by atoms with E-state index in [1.54, 1.807) is 6.92 Å². The second-order valence-electron chi connectivity index (χ2n) is 7.23. The minimum Gasteiger partial charge on any atom is -0.344 e. The zero-order valence-corrected chi connectivity index (χ0v) is 15.0.